The van der Waals surface area contributed by atoms with Crippen molar-refractivity contribution in [2.45, 2.75) is 84.2 Å². The number of halogens is 1. The van der Waals surface area contributed by atoms with E-state index in [0.717, 1.165) is 58.9 Å². The number of carbonyl (C=O) groups is 2. The lowest BCUT2D eigenvalue weighted by Crippen LogP contribution is -2.52. The normalized spacial score (nSPS) is 24.9. The van der Waals surface area contributed by atoms with Crippen LogP contribution in [0.5, 0.6) is 0 Å². The van der Waals surface area contributed by atoms with Crippen molar-refractivity contribution >= 4 is 44.7 Å². The Labute approximate surface area is 197 Å². The maximum Gasteiger partial charge on any atom is 0.407 e. The molecule has 3 atom stereocenters. The summed E-state index contributed by atoms with van der Waals surface area (Å²) < 4.78 is 0.898. The molecular weight excluding hydrogens is 472 g/mol. The van der Waals surface area contributed by atoms with Crippen LogP contribution in [0.3, 0.4) is 0 Å². The maximum absolute atomic E-state index is 12.8. The SMILES string of the molecule is CC1(C)CC1C(=O)Nc1c[nH]c2ncc(Br)c(C3CCC[C@@H](N(C(=O)O)C(C)(C)C)C3)c12. The first-order valence-corrected chi connectivity index (χ1v) is 12.2. The minimum atomic E-state index is -0.872. The van der Waals surface area contributed by atoms with Crippen LogP contribution in [0.4, 0.5) is 10.5 Å². The summed E-state index contributed by atoms with van der Waals surface area (Å²) in [6.45, 7) is 10.1. The quantitative estimate of drug-likeness (QED) is 0.467. The highest BCUT2D eigenvalue weighted by molar-refractivity contribution is 9.10. The molecule has 0 spiro atoms. The number of fused-ring (bicyclic) bond motifs is 1. The number of hydrogen-bond donors (Lipinski definition) is 3. The predicted molar refractivity (Wildman–Crippen MR) is 129 cm³/mol. The Balaban J connectivity index is 1.67. The van der Waals surface area contributed by atoms with E-state index in [-0.39, 0.29) is 29.2 Å². The van der Waals surface area contributed by atoms with Gasteiger partial charge in [0.25, 0.3) is 0 Å². The average molecular weight is 505 g/mol. The summed E-state index contributed by atoms with van der Waals surface area (Å²) >= 11 is 3.70. The molecule has 2 aromatic heterocycles. The number of amides is 2. The third kappa shape index (κ3) is 4.26. The van der Waals surface area contributed by atoms with Crippen LogP contribution in [-0.4, -0.2) is 43.6 Å². The molecule has 32 heavy (non-hydrogen) atoms. The summed E-state index contributed by atoms with van der Waals surface area (Å²) in [5.74, 6) is 0.251. The lowest BCUT2D eigenvalue weighted by Gasteiger charge is -2.43. The van der Waals surface area contributed by atoms with Crippen molar-refractivity contribution in [2.75, 3.05) is 5.32 Å². The van der Waals surface area contributed by atoms with Gasteiger partial charge in [-0.25, -0.2) is 9.78 Å². The van der Waals surface area contributed by atoms with Crippen LogP contribution >= 0.6 is 15.9 Å². The molecule has 2 saturated carbocycles. The zero-order chi connectivity index (χ0) is 23.4. The van der Waals surface area contributed by atoms with E-state index < -0.39 is 11.6 Å². The lowest BCUT2D eigenvalue weighted by atomic mass is 9.79. The van der Waals surface area contributed by atoms with Crippen LogP contribution in [0.1, 0.15) is 78.2 Å². The summed E-state index contributed by atoms with van der Waals surface area (Å²) in [6, 6.07) is -0.0504. The zero-order valence-corrected chi connectivity index (χ0v) is 21.0. The second-order valence-electron chi connectivity index (χ2n) is 11.0. The summed E-state index contributed by atoms with van der Waals surface area (Å²) in [5.41, 5.74) is 2.19. The molecule has 2 aliphatic carbocycles. The van der Waals surface area contributed by atoms with E-state index in [1.165, 1.54) is 0 Å². The smallest absolute Gasteiger partial charge is 0.407 e. The van der Waals surface area contributed by atoms with Gasteiger partial charge < -0.3 is 20.3 Å². The number of nitrogens with zero attached hydrogens (tertiary/aromatic N) is 2. The van der Waals surface area contributed by atoms with E-state index in [4.69, 9.17) is 0 Å². The number of H-pyrrole nitrogens is 1. The molecule has 2 unspecified atom stereocenters. The van der Waals surface area contributed by atoms with Crippen LogP contribution in [-0.2, 0) is 4.79 Å². The number of aromatic amines is 1. The Morgan fingerprint density at radius 2 is 2.00 bits per heavy atom. The average Bonchev–Trinajstić information content (AvgIpc) is 3.14. The van der Waals surface area contributed by atoms with E-state index in [1.807, 2.05) is 27.0 Å². The topological polar surface area (TPSA) is 98.3 Å². The molecule has 3 N–H and O–H groups in total. The largest absolute Gasteiger partial charge is 0.465 e. The van der Waals surface area contributed by atoms with Gasteiger partial charge in [-0.3, -0.25) is 4.79 Å². The van der Waals surface area contributed by atoms with Crippen LogP contribution in [0, 0.1) is 11.3 Å². The summed E-state index contributed by atoms with van der Waals surface area (Å²) in [4.78, 5) is 34.2. The molecule has 174 valence electrons. The first kappa shape index (κ1) is 23.1. The van der Waals surface area contributed by atoms with Gasteiger partial charge >= 0.3 is 6.09 Å². The molecule has 8 heteroatoms. The highest BCUT2D eigenvalue weighted by Gasteiger charge is 2.50. The zero-order valence-electron chi connectivity index (χ0n) is 19.5. The van der Waals surface area contributed by atoms with Gasteiger partial charge in [0, 0.05) is 39.8 Å². The van der Waals surface area contributed by atoms with E-state index in [2.05, 4.69) is 45.1 Å². The second-order valence-corrected chi connectivity index (χ2v) is 11.9. The van der Waals surface area contributed by atoms with Crippen molar-refractivity contribution in [3.63, 3.8) is 0 Å². The molecule has 2 aromatic rings. The molecule has 0 aromatic carbocycles. The van der Waals surface area contributed by atoms with E-state index >= 15 is 0 Å². The molecule has 2 aliphatic rings. The first-order valence-electron chi connectivity index (χ1n) is 11.4. The van der Waals surface area contributed by atoms with Gasteiger partial charge in [0.05, 0.1) is 5.69 Å². The van der Waals surface area contributed by atoms with Gasteiger partial charge in [-0.15, -0.1) is 0 Å². The van der Waals surface area contributed by atoms with E-state index in [0.29, 0.717) is 0 Å². The van der Waals surface area contributed by atoms with Gasteiger partial charge in [-0.2, -0.15) is 0 Å². The Hall–Kier alpha value is -2.09. The van der Waals surface area contributed by atoms with Crippen molar-refractivity contribution in [3.8, 4) is 0 Å². The van der Waals surface area contributed by atoms with E-state index in [9.17, 15) is 14.7 Å². The van der Waals surface area contributed by atoms with Gasteiger partial charge in [0.2, 0.25) is 5.91 Å². The minimum absolute atomic E-state index is 0.0333. The predicted octanol–water partition coefficient (Wildman–Crippen LogP) is 6.11. The second kappa shape index (κ2) is 8.04. The third-order valence-electron chi connectivity index (χ3n) is 7.13. The molecule has 2 amide bonds. The van der Waals surface area contributed by atoms with Crippen molar-refractivity contribution in [1.82, 2.24) is 14.9 Å². The fraction of sp³-hybridized carbons (Fsp3) is 0.625. The highest BCUT2D eigenvalue weighted by Crippen LogP contribution is 2.52. The molecule has 0 bridgehead atoms. The molecule has 7 nitrogen and oxygen atoms in total. The van der Waals surface area contributed by atoms with Crippen LogP contribution < -0.4 is 5.32 Å². The summed E-state index contributed by atoms with van der Waals surface area (Å²) in [6.07, 6.45) is 7.18. The minimum Gasteiger partial charge on any atom is -0.465 e. The van der Waals surface area contributed by atoms with Gasteiger partial charge in [0.15, 0.2) is 0 Å². The molecule has 0 aliphatic heterocycles. The fourth-order valence-electron chi connectivity index (χ4n) is 5.38. The Kier molecular flexibility index (Phi) is 5.80. The van der Waals surface area contributed by atoms with Crippen LogP contribution in [0.25, 0.3) is 11.0 Å². The monoisotopic (exact) mass is 504 g/mol. The van der Waals surface area contributed by atoms with Gasteiger partial charge in [-0.1, -0.05) is 20.3 Å². The third-order valence-corrected chi connectivity index (χ3v) is 7.76. The van der Waals surface area contributed by atoms with Gasteiger partial charge in [0.1, 0.15) is 5.65 Å². The maximum atomic E-state index is 12.8. The molecule has 0 saturated heterocycles. The number of nitrogens with one attached hydrogen (secondary N) is 2. The summed E-state index contributed by atoms with van der Waals surface area (Å²) in [7, 11) is 0. The molecule has 2 heterocycles. The highest BCUT2D eigenvalue weighted by atomic mass is 79.9. The number of hydrogen-bond acceptors (Lipinski definition) is 3. The van der Waals surface area contributed by atoms with Crippen molar-refractivity contribution in [3.05, 3.63) is 22.4 Å². The Morgan fingerprint density at radius 3 is 2.59 bits per heavy atom. The number of pyridine rings is 1. The molecule has 4 rings (SSSR count). The number of rotatable bonds is 4. The fourth-order valence-corrected chi connectivity index (χ4v) is 6.01. The number of carbonyl (C=O) groups excluding carboxylic acids is 1. The number of anilines is 1. The van der Waals surface area contributed by atoms with Crippen LogP contribution in [0.2, 0.25) is 0 Å². The Morgan fingerprint density at radius 1 is 1.31 bits per heavy atom. The molecule has 0 radical (unpaired) electrons. The molecular formula is C24H33BrN4O3. The first-order chi connectivity index (χ1) is 14.9. The van der Waals surface area contributed by atoms with Crippen molar-refractivity contribution < 1.29 is 14.7 Å². The van der Waals surface area contributed by atoms with Crippen molar-refractivity contribution in [2.24, 2.45) is 11.3 Å². The van der Waals surface area contributed by atoms with E-state index in [1.54, 1.807) is 11.1 Å². The van der Waals surface area contributed by atoms with Crippen LogP contribution in [0.15, 0.2) is 16.9 Å². The lowest BCUT2D eigenvalue weighted by molar-refractivity contribution is -0.118. The standard InChI is InChI=1S/C24H33BrN4O3/c1-23(2,3)29(22(31)32)14-8-6-7-13(9-14)18-16(25)11-26-20-19(18)17(12-27-20)28-21(30)15-10-24(15,4)5/h11-15H,6-10H2,1-5H3,(H,26,27)(H,28,30)(H,31,32)/t13?,14-,15?/m1/s1. The number of aromatic nitrogens is 2. The number of carboxylic acid groups (broad SMARTS) is 1. The summed E-state index contributed by atoms with van der Waals surface area (Å²) in [5, 5.41) is 14.0. The van der Waals surface area contributed by atoms with Gasteiger partial charge in [-0.05, 0) is 79.3 Å². The molecule has 2 fully saturated rings. The van der Waals surface area contributed by atoms with Crippen molar-refractivity contribution in [1.29, 1.82) is 0 Å². The Bertz CT molecular complexity index is 1060.